The number of likely N-dealkylation sites (tertiary alicyclic amines) is 1. The van der Waals surface area contributed by atoms with E-state index in [1.54, 1.807) is 6.07 Å². The summed E-state index contributed by atoms with van der Waals surface area (Å²) in [5.74, 6) is -5.95. The maximum atomic E-state index is 14.6. The van der Waals surface area contributed by atoms with Gasteiger partial charge in [0.25, 0.3) is 0 Å². The van der Waals surface area contributed by atoms with Gasteiger partial charge in [-0.1, -0.05) is 6.07 Å². The Morgan fingerprint density at radius 3 is 2.26 bits per heavy atom. The number of carbonyl (C=O) groups is 2. The van der Waals surface area contributed by atoms with Crippen molar-refractivity contribution in [3.63, 3.8) is 0 Å². The molecular weight excluding hydrogens is 598 g/mol. The van der Waals surface area contributed by atoms with Crippen LogP contribution in [0.25, 0.3) is 0 Å². The Hall–Kier alpha value is -3.82. The molecular formula is C27H27F8N3O5. The molecule has 43 heavy (non-hydrogen) atoms. The van der Waals surface area contributed by atoms with E-state index >= 15 is 0 Å². The number of nitrogens with one attached hydrogen (secondary N) is 1. The topological polar surface area (TPSA) is 80.3 Å². The SMILES string of the molecule is COc1ccc([C@@]23CC[C@@H](NC(=O)N(OC(=O)C(F)(F)F)c4cc(C(F)(F)F)c(F)cc4F)C[C@@H]2N(C)CC3)cc1OC. The van der Waals surface area contributed by atoms with Crippen LogP contribution in [0.2, 0.25) is 0 Å². The molecule has 3 atom stereocenters. The highest BCUT2D eigenvalue weighted by Gasteiger charge is 2.51. The normalized spacial score (nSPS) is 22.5. The maximum absolute atomic E-state index is 14.6. The molecule has 0 unspecified atom stereocenters. The van der Waals surface area contributed by atoms with Crippen LogP contribution < -0.4 is 19.9 Å². The summed E-state index contributed by atoms with van der Waals surface area (Å²) in [4.78, 5) is 30.8. The number of carbonyl (C=O) groups excluding carboxylic acids is 2. The van der Waals surface area contributed by atoms with Crippen molar-refractivity contribution in [2.24, 2.45) is 0 Å². The van der Waals surface area contributed by atoms with Gasteiger partial charge in [0.15, 0.2) is 17.3 Å². The van der Waals surface area contributed by atoms with E-state index in [-0.39, 0.29) is 31.0 Å². The molecule has 2 amide bonds. The van der Waals surface area contributed by atoms with Crippen molar-refractivity contribution < 1.29 is 59.0 Å². The van der Waals surface area contributed by atoms with Crippen molar-refractivity contribution in [2.75, 3.05) is 32.9 Å². The number of methoxy groups -OCH3 is 2. The van der Waals surface area contributed by atoms with Gasteiger partial charge in [0.1, 0.15) is 11.5 Å². The summed E-state index contributed by atoms with van der Waals surface area (Å²) in [6, 6.07) is 2.33. The Bertz CT molecular complexity index is 1390. The van der Waals surface area contributed by atoms with Crippen LogP contribution in [-0.4, -0.2) is 63.0 Å². The second-order valence-corrected chi connectivity index (χ2v) is 10.3. The largest absolute Gasteiger partial charge is 0.493 e. The van der Waals surface area contributed by atoms with E-state index in [0.29, 0.717) is 24.5 Å². The first-order valence-corrected chi connectivity index (χ1v) is 12.9. The fourth-order valence-corrected chi connectivity index (χ4v) is 5.87. The van der Waals surface area contributed by atoms with Crippen LogP contribution in [0.3, 0.4) is 0 Å². The monoisotopic (exact) mass is 625 g/mol. The molecule has 1 aliphatic carbocycles. The second kappa shape index (κ2) is 11.7. The summed E-state index contributed by atoms with van der Waals surface area (Å²) < 4.78 is 118. The fraction of sp³-hybridized carbons (Fsp3) is 0.481. The van der Waals surface area contributed by atoms with E-state index in [4.69, 9.17) is 9.47 Å². The van der Waals surface area contributed by atoms with Gasteiger partial charge in [0.05, 0.1) is 19.8 Å². The van der Waals surface area contributed by atoms with E-state index in [2.05, 4.69) is 10.2 Å². The summed E-state index contributed by atoms with van der Waals surface area (Å²) in [6.45, 7) is 0.663. The van der Waals surface area contributed by atoms with Crippen molar-refractivity contribution >= 4 is 17.7 Å². The predicted octanol–water partition coefficient (Wildman–Crippen LogP) is 5.73. The molecule has 1 saturated carbocycles. The third-order valence-electron chi connectivity index (χ3n) is 7.96. The van der Waals surface area contributed by atoms with Crippen molar-refractivity contribution in [2.45, 2.75) is 55.5 Å². The number of alkyl halides is 6. The number of ether oxygens (including phenoxy) is 2. The summed E-state index contributed by atoms with van der Waals surface area (Å²) in [6.07, 6.45) is -9.43. The van der Waals surface area contributed by atoms with Crippen LogP contribution in [0.4, 0.5) is 45.6 Å². The molecule has 16 heteroatoms. The van der Waals surface area contributed by atoms with E-state index in [1.807, 2.05) is 24.1 Å². The van der Waals surface area contributed by atoms with Gasteiger partial charge in [0.2, 0.25) is 0 Å². The van der Waals surface area contributed by atoms with Gasteiger partial charge in [0, 0.05) is 23.6 Å². The predicted molar refractivity (Wildman–Crippen MR) is 134 cm³/mol. The molecule has 1 saturated heterocycles. The Kier molecular flexibility index (Phi) is 8.73. The zero-order valence-corrected chi connectivity index (χ0v) is 23.0. The van der Waals surface area contributed by atoms with Crippen LogP contribution in [0, 0.1) is 11.6 Å². The fourth-order valence-electron chi connectivity index (χ4n) is 5.87. The van der Waals surface area contributed by atoms with Crippen LogP contribution >= 0.6 is 0 Å². The Labute approximate surface area is 240 Å². The number of amides is 2. The number of urea groups is 1. The summed E-state index contributed by atoms with van der Waals surface area (Å²) in [7, 11) is 4.83. The molecule has 1 aliphatic heterocycles. The average molecular weight is 626 g/mol. The molecule has 1 N–H and O–H groups in total. The van der Waals surface area contributed by atoms with E-state index in [1.165, 1.54) is 14.2 Å². The first kappa shape index (κ1) is 32.1. The number of rotatable bonds is 5. The van der Waals surface area contributed by atoms with Gasteiger partial charge in [-0.15, -0.1) is 5.06 Å². The molecule has 2 aromatic rings. The van der Waals surface area contributed by atoms with E-state index in [0.717, 1.165) is 12.0 Å². The molecule has 0 spiro atoms. The standard InChI is InChI=1S/C27H27F8N3O5/c1-37-9-8-25(14-4-5-20(41-2)21(10-14)42-3)7-6-15(11-22(25)37)36-24(40)38(43-23(39)27(33,34)35)19-12-16(26(30,31)32)17(28)13-18(19)29/h4-5,10,12-13,15,22H,6-9,11H2,1-3H3,(H,36,40)/t15-,22+,25+/m1/s1. The maximum Gasteiger partial charge on any atom is 0.493 e. The number of fused-ring (bicyclic) bond motifs is 1. The van der Waals surface area contributed by atoms with E-state index in [9.17, 15) is 44.7 Å². The Morgan fingerprint density at radius 2 is 1.65 bits per heavy atom. The molecule has 2 aliphatic rings. The lowest BCUT2D eigenvalue weighted by Crippen LogP contribution is -2.54. The van der Waals surface area contributed by atoms with Crippen LogP contribution in [-0.2, 0) is 21.2 Å². The number of halogens is 8. The minimum Gasteiger partial charge on any atom is -0.493 e. The van der Waals surface area contributed by atoms with Gasteiger partial charge in [-0.3, -0.25) is 0 Å². The lowest BCUT2D eigenvalue weighted by molar-refractivity contribution is -0.199. The smallest absolute Gasteiger partial charge is 0.493 e. The highest BCUT2D eigenvalue weighted by Crippen LogP contribution is 2.50. The summed E-state index contributed by atoms with van der Waals surface area (Å²) in [5.41, 5.74) is -3.12. The number of hydrogen-bond donors (Lipinski definition) is 1. The average Bonchev–Trinajstić information content (AvgIpc) is 3.27. The van der Waals surface area contributed by atoms with Crippen molar-refractivity contribution in [1.29, 1.82) is 0 Å². The molecule has 0 bridgehead atoms. The van der Waals surface area contributed by atoms with Gasteiger partial charge in [-0.25, -0.2) is 18.4 Å². The highest BCUT2D eigenvalue weighted by molar-refractivity contribution is 5.93. The number of hydrogen-bond acceptors (Lipinski definition) is 6. The molecule has 8 nitrogen and oxygen atoms in total. The first-order valence-electron chi connectivity index (χ1n) is 12.9. The van der Waals surface area contributed by atoms with Gasteiger partial charge in [-0.2, -0.15) is 26.3 Å². The molecule has 0 radical (unpaired) electrons. The third-order valence-corrected chi connectivity index (χ3v) is 7.96. The van der Waals surface area contributed by atoms with Crippen LogP contribution in [0.1, 0.15) is 36.8 Å². The van der Waals surface area contributed by atoms with Crippen LogP contribution in [0.5, 0.6) is 11.5 Å². The van der Waals surface area contributed by atoms with Crippen molar-refractivity contribution in [1.82, 2.24) is 10.2 Å². The number of likely N-dealkylation sites (N-methyl/N-ethyl adjacent to an activating group) is 1. The van der Waals surface area contributed by atoms with Crippen molar-refractivity contribution in [3.05, 3.63) is 53.1 Å². The summed E-state index contributed by atoms with van der Waals surface area (Å²) in [5, 5.41) is 1.77. The van der Waals surface area contributed by atoms with Gasteiger partial charge < -0.3 is 24.5 Å². The zero-order valence-electron chi connectivity index (χ0n) is 23.0. The first-order chi connectivity index (χ1) is 20.0. The lowest BCUT2D eigenvalue weighted by Gasteiger charge is -2.45. The second-order valence-electron chi connectivity index (χ2n) is 10.3. The third kappa shape index (κ3) is 6.28. The molecule has 236 valence electrons. The Balaban J connectivity index is 1.63. The lowest BCUT2D eigenvalue weighted by atomic mass is 9.65. The van der Waals surface area contributed by atoms with Crippen LogP contribution in [0.15, 0.2) is 30.3 Å². The highest BCUT2D eigenvalue weighted by atomic mass is 19.4. The molecule has 2 aromatic carbocycles. The quantitative estimate of drug-likeness (QED) is 0.338. The number of hydroxylamine groups is 1. The molecule has 0 aromatic heterocycles. The summed E-state index contributed by atoms with van der Waals surface area (Å²) >= 11 is 0. The van der Waals surface area contributed by atoms with Crippen molar-refractivity contribution in [3.8, 4) is 11.5 Å². The number of anilines is 1. The minimum atomic E-state index is -5.70. The number of nitrogens with zero attached hydrogens (tertiary/aromatic N) is 2. The zero-order chi connectivity index (χ0) is 31.9. The van der Waals surface area contributed by atoms with E-state index < -0.39 is 63.8 Å². The number of benzene rings is 2. The minimum absolute atomic E-state index is 0.213. The Morgan fingerprint density at radius 1 is 0.977 bits per heavy atom. The van der Waals surface area contributed by atoms with Gasteiger partial charge >= 0.3 is 24.4 Å². The van der Waals surface area contributed by atoms with Gasteiger partial charge in [-0.05, 0) is 63.0 Å². The molecule has 1 heterocycles. The molecule has 2 fully saturated rings. The molecule has 4 rings (SSSR count).